The van der Waals surface area contributed by atoms with Crippen molar-refractivity contribution in [2.75, 3.05) is 5.32 Å². The van der Waals surface area contributed by atoms with Crippen molar-refractivity contribution in [2.45, 2.75) is 0 Å². The van der Waals surface area contributed by atoms with Gasteiger partial charge >= 0.3 is 0 Å². The van der Waals surface area contributed by atoms with Gasteiger partial charge in [-0.2, -0.15) is 5.10 Å². The number of hydrogen-bond donors (Lipinski definition) is 2. The van der Waals surface area contributed by atoms with E-state index in [-0.39, 0.29) is 17.2 Å². The number of H-pyrrole nitrogens is 1. The lowest BCUT2D eigenvalue weighted by Crippen LogP contribution is -2.08. The number of aromatic nitrogens is 2. The van der Waals surface area contributed by atoms with Crippen LogP contribution in [0, 0.1) is 10.1 Å². The first-order chi connectivity index (χ1) is 13.0. The fraction of sp³-hybridized carbons (Fsp3) is 0. The van der Waals surface area contributed by atoms with E-state index < -0.39 is 4.92 Å². The Labute approximate surface area is 153 Å². The summed E-state index contributed by atoms with van der Waals surface area (Å²) in [5, 5.41) is 19.7. The molecule has 0 saturated carbocycles. The normalized spacial score (nSPS) is 10.7. The topological polar surface area (TPSA) is 118 Å². The number of non-ortho nitro benzene ring substituents is 1. The van der Waals surface area contributed by atoms with Crippen LogP contribution in [0.5, 0.6) is 0 Å². The Kier molecular flexibility index (Phi) is 5.17. The Morgan fingerprint density at radius 3 is 2.56 bits per heavy atom. The van der Waals surface area contributed by atoms with Gasteiger partial charge in [-0.05, 0) is 42.0 Å². The third-order valence-electron chi connectivity index (χ3n) is 3.64. The Balaban J connectivity index is 1.68. The van der Waals surface area contributed by atoms with Crippen LogP contribution >= 0.6 is 0 Å². The molecule has 1 amide bonds. The van der Waals surface area contributed by atoms with Crippen LogP contribution in [-0.2, 0) is 4.79 Å². The Morgan fingerprint density at radius 1 is 1.11 bits per heavy atom. The SMILES string of the molecule is O=C(/C=C/c1ccc([N+](=O)[O-])cc1)Nc1cccc(-c2ccc(=O)[nH]n2)c1. The minimum Gasteiger partial charge on any atom is -0.322 e. The van der Waals surface area contributed by atoms with Crippen LogP contribution in [0.4, 0.5) is 11.4 Å². The van der Waals surface area contributed by atoms with Gasteiger partial charge in [0.2, 0.25) is 5.91 Å². The molecule has 0 bridgehead atoms. The lowest BCUT2D eigenvalue weighted by atomic mass is 10.1. The largest absolute Gasteiger partial charge is 0.322 e. The second-order valence-corrected chi connectivity index (χ2v) is 5.56. The molecule has 1 heterocycles. The summed E-state index contributed by atoms with van der Waals surface area (Å²) < 4.78 is 0. The van der Waals surface area contributed by atoms with Gasteiger partial charge in [-0.1, -0.05) is 12.1 Å². The average Bonchev–Trinajstić information content (AvgIpc) is 2.67. The van der Waals surface area contributed by atoms with Crippen LogP contribution in [0.25, 0.3) is 17.3 Å². The third-order valence-corrected chi connectivity index (χ3v) is 3.64. The zero-order chi connectivity index (χ0) is 19.2. The summed E-state index contributed by atoms with van der Waals surface area (Å²) in [6.45, 7) is 0. The summed E-state index contributed by atoms with van der Waals surface area (Å²) in [7, 11) is 0. The molecule has 0 radical (unpaired) electrons. The summed E-state index contributed by atoms with van der Waals surface area (Å²) in [6, 6.07) is 15.9. The van der Waals surface area contributed by atoms with Gasteiger partial charge in [0.1, 0.15) is 0 Å². The van der Waals surface area contributed by atoms with Crippen molar-refractivity contribution < 1.29 is 9.72 Å². The summed E-state index contributed by atoms with van der Waals surface area (Å²) in [5.74, 6) is -0.347. The predicted molar refractivity (Wildman–Crippen MR) is 101 cm³/mol. The molecule has 8 nitrogen and oxygen atoms in total. The van der Waals surface area contributed by atoms with E-state index in [1.165, 1.54) is 24.3 Å². The van der Waals surface area contributed by atoms with E-state index in [9.17, 15) is 19.7 Å². The van der Waals surface area contributed by atoms with E-state index in [1.807, 2.05) is 6.07 Å². The number of hydrogen-bond acceptors (Lipinski definition) is 5. The van der Waals surface area contributed by atoms with Crippen molar-refractivity contribution in [3.05, 3.63) is 92.8 Å². The molecule has 3 aromatic rings. The average molecular weight is 362 g/mol. The lowest BCUT2D eigenvalue weighted by molar-refractivity contribution is -0.384. The smallest absolute Gasteiger partial charge is 0.269 e. The van der Waals surface area contributed by atoms with E-state index in [2.05, 4.69) is 15.5 Å². The molecule has 0 unspecified atom stereocenters. The quantitative estimate of drug-likeness (QED) is 0.411. The van der Waals surface area contributed by atoms with E-state index >= 15 is 0 Å². The number of rotatable bonds is 5. The molecule has 2 N–H and O–H groups in total. The van der Waals surface area contributed by atoms with Crippen LogP contribution in [0.3, 0.4) is 0 Å². The Hall–Kier alpha value is -4.07. The van der Waals surface area contributed by atoms with Gasteiger partial charge in [0, 0.05) is 35.5 Å². The van der Waals surface area contributed by atoms with Gasteiger partial charge in [-0.25, -0.2) is 5.10 Å². The zero-order valence-electron chi connectivity index (χ0n) is 14.0. The molecule has 0 fully saturated rings. The first kappa shape index (κ1) is 17.7. The van der Waals surface area contributed by atoms with Crippen molar-refractivity contribution in [3.63, 3.8) is 0 Å². The summed E-state index contributed by atoms with van der Waals surface area (Å²) in [6.07, 6.45) is 2.90. The minimum absolute atomic E-state index is 0.00992. The number of aromatic amines is 1. The van der Waals surface area contributed by atoms with Gasteiger partial charge in [0.05, 0.1) is 10.6 Å². The molecule has 1 aromatic heterocycles. The molecule has 27 heavy (non-hydrogen) atoms. The second kappa shape index (κ2) is 7.87. The van der Waals surface area contributed by atoms with E-state index in [0.29, 0.717) is 16.9 Å². The summed E-state index contributed by atoms with van der Waals surface area (Å²) in [5.41, 5.74) is 2.25. The maximum Gasteiger partial charge on any atom is 0.269 e. The van der Waals surface area contributed by atoms with Crippen LogP contribution in [0.2, 0.25) is 0 Å². The van der Waals surface area contributed by atoms with Crippen molar-refractivity contribution in [1.82, 2.24) is 10.2 Å². The fourth-order valence-electron chi connectivity index (χ4n) is 2.32. The Morgan fingerprint density at radius 2 is 1.89 bits per heavy atom. The van der Waals surface area contributed by atoms with Gasteiger partial charge in [-0.3, -0.25) is 19.7 Å². The van der Waals surface area contributed by atoms with Crippen LogP contribution in [0.1, 0.15) is 5.56 Å². The predicted octanol–water partition coefficient (Wildman–Crippen LogP) is 3.00. The zero-order valence-corrected chi connectivity index (χ0v) is 14.0. The third kappa shape index (κ3) is 4.73. The van der Waals surface area contributed by atoms with Gasteiger partial charge in [0.15, 0.2) is 0 Å². The molecular formula is C19H14N4O4. The van der Waals surface area contributed by atoms with Crippen LogP contribution in [0.15, 0.2) is 71.5 Å². The number of nitro benzene ring substituents is 1. The number of carbonyl (C=O) groups excluding carboxylic acids is 1. The first-order valence-electron chi connectivity index (χ1n) is 7.91. The highest BCUT2D eigenvalue weighted by Crippen LogP contribution is 2.20. The monoisotopic (exact) mass is 362 g/mol. The van der Waals surface area contributed by atoms with Gasteiger partial charge < -0.3 is 5.32 Å². The molecule has 0 atom stereocenters. The first-order valence-corrected chi connectivity index (χ1v) is 7.91. The Bertz CT molecular complexity index is 1050. The highest BCUT2D eigenvalue weighted by molar-refractivity contribution is 6.02. The van der Waals surface area contributed by atoms with E-state index in [0.717, 1.165) is 5.56 Å². The summed E-state index contributed by atoms with van der Waals surface area (Å²) in [4.78, 5) is 33.3. The van der Waals surface area contributed by atoms with E-state index in [4.69, 9.17) is 0 Å². The number of nitrogens with one attached hydrogen (secondary N) is 2. The standard InChI is InChI=1S/C19H14N4O4/c24-18(10-6-13-4-7-16(8-5-13)23(26)27)20-15-3-1-2-14(12-15)17-9-11-19(25)22-21-17/h1-12H,(H,20,24)(H,22,25)/b10-6+. The highest BCUT2D eigenvalue weighted by atomic mass is 16.6. The fourth-order valence-corrected chi connectivity index (χ4v) is 2.32. The van der Waals surface area contributed by atoms with Crippen molar-refractivity contribution in [1.29, 1.82) is 0 Å². The molecule has 8 heteroatoms. The highest BCUT2D eigenvalue weighted by Gasteiger charge is 2.04. The maximum absolute atomic E-state index is 12.1. The molecule has 3 rings (SSSR count). The number of nitro groups is 1. The molecule has 0 aliphatic carbocycles. The number of nitrogens with zero attached hydrogens (tertiary/aromatic N) is 2. The number of benzene rings is 2. The molecule has 0 saturated heterocycles. The maximum atomic E-state index is 12.1. The van der Waals surface area contributed by atoms with E-state index in [1.54, 1.807) is 42.5 Å². The molecule has 0 spiro atoms. The van der Waals surface area contributed by atoms with Crippen molar-refractivity contribution in [2.24, 2.45) is 0 Å². The second-order valence-electron chi connectivity index (χ2n) is 5.56. The van der Waals surface area contributed by atoms with Crippen molar-refractivity contribution in [3.8, 4) is 11.3 Å². The van der Waals surface area contributed by atoms with Crippen molar-refractivity contribution >= 4 is 23.4 Å². The lowest BCUT2D eigenvalue weighted by Gasteiger charge is -2.05. The van der Waals surface area contributed by atoms with Gasteiger partial charge in [-0.15, -0.1) is 0 Å². The molecule has 2 aromatic carbocycles. The summed E-state index contributed by atoms with van der Waals surface area (Å²) >= 11 is 0. The number of anilines is 1. The van der Waals surface area contributed by atoms with Crippen LogP contribution < -0.4 is 10.9 Å². The minimum atomic E-state index is -0.482. The number of carbonyl (C=O) groups is 1. The number of amides is 1. The van der Waals surface area contributed by atoms with Gasteiger partial charge in [0.25, 0.3) is 11.2 Å². The molecular weight excluding hydrogens is 348 g/mol. The van der Waals surface area contributed by atoms with Crippen LogP contribution in [-0.4, -0.2) is 21.0 Å². The molecule has 0 aliphatic heterocycles. The molecule has 134 valence electrons. The molecule has 0 aliphatic rings.